The number of hydrogen-bond donors (Lipinski definition) is 0. The summed E-state index contributed by atoms with van der Waals surface area (Å²) in [6, 6.07) is 0. The molecule has 5 heteroatoms. The van der Waals surface area contributed by atoms with E-state index in [4.69, 9.17) is 7.85 Å². The van der Waals surface area contributed by atoms with Gasteiger partial charge in [0.15, 0.2) is 17.5 Å². The number of hydrogen-bond acceptors (Lipinski definition) is 0. The minimum atomic E-state index is -1.68. The third-order valence-electron chi connectivity index (χ3n) is 2.79. The van der Waals surface area contributed by atoms with E-state index in [2.05, 4.69) is 0 Å². The average molecular weight is 230 g/mol. The Morgan fingerprint density at radius 2 is 1.50 bits per heavy atom. The fourth-order valence-corrected chi connectivity index (χ4v) is 1.43. The van der Waals surface area contributed by atoms with Gasteiger partial charge < -0.3 is 0 Å². The second-order valence-electron chi connectivity index (χ2n) is 4.03. The Morgan fingerprint density at radius 1 is 1.00 bits per heavy atom. The van der Waals surface area contributed by atoms with Gasteiger partial charge in [-0.15, -0.1) is 0 Å². The quantitative estimate of drug-likeness (QED) is 0.316. The summed E-state index contributed by atoms with van der Waals surface area (Å²) in [6.45, 7) is 4.02. The zero-order valence-corrected chi connectivity index (χ0v) is 9.30. The van der Waals surface area contributed by atoms with Gasteiger partial charge >= 0.3 is 0 Å². The first-order chi connectivity index (χ1) is 7.24. The first kappa shape index (κ1) is 13.1. The maximum absolute atomic E-state index is 13.7. The van der Waals surface area contributed by atoms with Crippen LogP contribution in [0.2, 0.25) is 0 Å². The summed E-state index contributed by atoms with van der Waals surface area (Å²) in [5.41, 5.74) is -1.16. The van der Waals surface area contributed by atoms with E-state index in [1.807, 2.05) is 0 Å². The van der Waals surface area contributed by atoms with Crippen LogP contribution >= 0.6 is 0 Å². The van der Waals surface area contributed by atoms with E-state index in [0.717, 1.165) is 6.92 Å². The van der Waals surface area contributed by atoms with Crippen LogP contribution in [0.15, 0.2) is 0 Å². The van der Waals surface area contributed by atoms with Gasteiger partial charge in [-0.3, -0.25) is 0 Å². The summed E-state index contributed by atoms with van der Waals surface area (Å²) in [4.78, 5) is 0. The fraction of sp³-hybridized carbons (Fsp3) is 0.455. The molecule has 86 valence electrons. The maximum atomic E-state index is 13.7. The summed E-state index contributed by atoms with van der Waals surface area (Å²) < 4.78 is 53.3. The highest BCUT2D eigenvalue weighted by Crippen LogP contribution is 2.33. The normalized spacial score (nSPS) is 14.9. The van der Waals surface area contributed by atoms with Crippen molar-refractivity contribution in [2.24, 2.45) is 0 Å². The lowest BCUT2D eigenvalue weighted by molar-refractivity contribution is 0.404. The third-order valence-corrected chi connectivity index (χ3v) is 2.79. The van der Waals surface area contributed by atoms with Gasteiger partial charge in [-0.2, -0.15) is 0 Å². The predicted molar refractivity (Wildman–Crippen MR) is 54.4 cm³/mol. The first-order valence-electron chi connectivity index (χ1n) is 4.86. The van der Waals surface area contributed by atoms with Crippen molar-refractivity contribution in [1.82, 2.24) is 0 Å². The highest BCUT2D eigenvalue weighted by molar-refractivity contribution is 6.15. The van der Waals surface area contributed by atoms with Gasteiger partial charge in [-0.05, 0) is 12.2 Å². The van der Waals surface area contributed by atoms with Crippen LogP contribution in [0.25, 0.3) is 0 Å². The van der Waals surface area contributed by atoms with E-state index in [1.165, 1.54) is 6.92 Å². The molecule has 0 saturated heterocycles. The lowest BCUT2D eigenvalue weighted by Crippen LogP contribution is -2.26. The Hall–Kier alpha value is -0.995. The second-order valence-corrected chi connectivity index (χ2v) is 4.03. The molecule has 0 aliphatic carbocycles. The molecule has 0 saturated carbocycles. The van der Waals surface area contributed by atoms with E-state index in [1.54, 1.807) is 6.92 Å². The summed E-state index contributed by atoms with van der Waals surface area (Å²) in [7, 11) is 5.66. The largest absolute Gasteiger partial charge is 0.206 e. The van der Waals surface area contributed by atoms with E-state index in [0.29, 0.717) is 0 Å². The zero-order chi connectivity index (χ0) is 12.7. The van der Waals surface area contributed by atoms with Crippen LogP contribution < -0.4 is 0 Å². The molecule has 1 atom stereocenters. The Bertz CT molecular complexity index is 397. The predicted octanol–water partition coefficient (Wildman–Crippen LogP) is 3.35. The SMILES string of the molecule is [B][C@](C)(CC)c1c(F)c(C)c(F)c(F)c1F. The molecule has 1 aromatic rings. The van der Waals surface area contributed by atoms with Crippen molar-refractivity contribution in [2.75, 3.05) is 0 Å². The van der Waals surface area contributed by atoms with Crippen molar-refractivity contribution in [2.45, 2.75) is 32.5 Å². The van der Waals surface area contributed by atoms with Gasteiger partial charge in [0, 0.05) is 11.1 Å². The molecule has 0 aliphatic rings. The first-order valence-corrected chi connectivity index (χ1v) is 4.86. The van der Waals surface area contributed by atoms with Crippen molar-refractivity contribution < 1.29 is 17.6 Å². The van der Waals surface area contributed by atoms with E-state index >= 15 is 0 Å². The summed E-state index contributed by atoms with van der Waals surface area (Å²) in [5, 5.41) is -1.37. The Morgan fingerprint density at radius 3 is 1.94 bits per heavy atom. The van der Waals surface area contributed by atoms with Crippen LogP contribution in [0.1, 0.15) is 31.4 Å². The van der Waals surface area contributed by atoms with Crippen molar-refractivity contribution in [3.8, 4) is 0 Å². The van der Waals surface area contributed by atoms with E-state index in [-0.39, 0.29) is 6.42 Å². The van der Waals surface area contributed by atoms with Crippen LogP contribution in [-0.2, 0) is 5.31 Å². The molecule has 1 aromatic carbocycles. The van der Waals surface area contributed by atoms with Crippen LogP contribution in [0.4, 0.5) is 17.6 Å². The highest BCUT2D eigenvalue weighted by atomic mass is 19.2. The van der Waals surface area contributed by atoms with Gasteiger partial charge in [-0.25, -0.2) is 17.6 Å². The summed E-state index contributed by atoms with van der Waals surface area (Å²) >= 11 is 0. The molecule has 0 bridgehead atoms. The van der Waals surface area contributed by atoms with Gasteiger partial charge in [0.2, 0.25) is 0 Å². The van der Waals surface area contributed by atoms with Crippen molar-refractivity contribution in [3.63, 3.8) is 0 Å². The monoisotopic (exact) mass is 230 g/mol. The van der Waals surface area contributed by atoms with Crippen molar-refractivity contribution in [1.29, 1.82) is 0 Å². The van der Waals surface area contributed by atoms with Crippen LogP contribution in [0.5, 0.6) is 0 Å². The Balaban J connectivity index is 3.65. The van der Waals surface area contributed by atoms with E-state index < -0.39 is 39.7 Å². The lowest BCUT2D eigenvalue weighted by atomic mass is 9.63. The summed E-state index contributed by atoms with van der Waals surface area (Å²) in [6.07, 6.45) is 0.200. The fourth-order valence-electron chi connectivity index (χ4n) is 1.43. The second kappa shape index (κ2) is 4.11. The molecular weight excluding hydrogens is 219 g/mol. The average Bonchev–Trinajstić information content (AvgIpc) is 2.23. The van der Waals surface area contributed by atoms with Crippen molar-refractivity contribution in [3.05, 3.63) is 34.4 Å². The van der Waals surface area contributed by atoms with Crippen molar-refractivity contribution >= 4 is 7.85 Å². The molecule has 16 heavy (non-hydrogen) atoms. The van der Waals surface area contributed by atoms with Gasteiger partial charge in [0.05, 0.1) is 7.85 Å². The minimum absolute atomic E-state index is 0.200. The summed E-state index contributed by atoms with van der Waals surface area (Å²) in [5.74, 6) is -5.86. The molecule has 0 fully saturated rings. The molecular formula is C11H11BF4. The van der Waals surface area contributed by atoms with Gasteiger partial charge in [0.1, 0.15) is 5.82 Å². The molecule has 0 heterocycles. The molecule has 1 rings (SSSR count). The van der Waals surface area contributed by atoms with Crippen LogP contribution in [0, 0.1) is 30.2 Å². The topological polar surface area (TPSA) is 0 Å². The lowest BCUT2D eigenvalue weighted by Gasteiger charge is -2.26. The Kier molecular flexibility index (Phi) is 3.36. The minimum Gasteiger partial charge on any atom is -0.206 e. The molecule has 0 N–H and O–H groups in total. The smallest absolute Gasteiger partial charge is 0.195 e. The number of rotatable bonds is 2. The molecule has 0 nitrogen and oxygen atoms in total. The molecule has 0 spiro atoms. The van der Waals surface area contributed by atoms with Gasteiger partial charge in [-0.1, -0.05) is 20.3 Å². The molecule has 0 unspecified atom stereocenters. The Labute approximate surface area is 93.1 Å². The van der Waals surface area contributed by atoms with Gasteiger partial charge in [0.25, 0.3) is 0 Å². The molecule has 0 aromatic heterocycles. The van der Waals surface area contributed by atoms with E-state index in [9.17, 15) is 17.6 Å². The molecule has 2 radical (unpaired) electrons. The maximum Gasteiger partial charge on any atom is 0.195 e. The van der Waals surface area contributed by atoms with Crippen LogP contribution in [-0.4, -0.2) is 7.85 Å². The van der Waals surface area contributed by atoms with Crippen LogP contribution in [0.3, 0.4) is 0 Å². The third kappa shape index (κ3) is 1.83. The molecule has 0 aliphatic heterocycles. The number of benzene rings is 1. The molecule has 0 amide bonds. The highest BCUT2D eigenvalue weighted by Gasteiger charge is 2.31. The standard InChI is InChI=1S/C11H11BF4/c1-4-11(3,12)6-7(13)5(2)8(14)10(16)9(6)15/h4H2,1-3H3/t11-/m1/s1. The number of halogens is 4. The zero-order valence-electron chi connectivity index (χ0n) is 9.30.